The summed E-state index contributed by atoms with van der Waals surface area (Å²) in [6.45, 7) is 6.40. The summed E-state index contributed by atoms with van der Waals surface area (Å²) in [5, 5.41) is 9.74. The van der Waals surface area contributed by atoms with Gasteiger partial charge in [-0.05, 0) is 37.5 Å². The molecule has 30 heavy (non-hydrogen) atoms. The van der Waals surface area contributed by atoms with Crippen LogP contribution in [0.5, 0.6) is 11.5 Å². The summed E-state index contributed by atoms with van der Waals surface area (Å²) in [6.07, 6.45) is 4.33. The fourth-order valence-corrected chi connectivity index (χ4v) is 5.15. The summed E-state index contributed by atoms with van der Waals surface area (Å²) in [4.78, 5) is 27.1. The van der Waals surface area contributed by atoms with Gasteiger partial charge < -0.3 is 24.2 Å². The highest BCUT2D eigenvalue weighted by Gasteiger charge is 2.70. The summed E-state index contributed by atoms with van der Waals surface area (Å²) in [5.41, 5.74) is 1.04. The SMILES string of the molecule is C=C(C)C[C@H]1N(CCc2ccc(OC)c(OC)c2)C(=O)[C@@H]2[C@H](C(=O)O)[C@@H]3C=C[C@]21O3. The van der Waals surface area contributed by atoms with Crippen molar-refractivity contribution >= 4 is 11.9 Å². The molecule has 1 aromatic rings. The number of carbonyl (C=O) groups excluding carboxylic acids is 1. The Labute approximate surface area is 175 Å². The number of nitrogens with zero attached hydrogens (tertiary/aromatic N) is 1. The minimum atomic E-state index is -0.986. The Kier molecular flexibility index (Phi) is 5.10. The summed E-state index contributed by atoms with van der Waals surface area (Å²) < 4.78 is 16.8. The lowest BCUT2D eigenvalue weighted by molar-refractivity contribution is -0.148. The number of methoxy groups -OCH3 is 2. The molecular formula is C23H27NO6. The van der Waals surface area contributed by atoms with Gasteiger partial charge in [0.15, 0.2) is 11.5 Å². The van der Waals surface area contributed by atoms with Crippen molar-refractivity contribution in [2.24, 2.45) is 11.8 Å². The maximum absolute atomic E-state index is 13.4. The number of rotatable bonds is 8. The zero-order chi connectivity index (χ0) is 21.6. The van der Waals surface area contributed by atoms with Gasteiger partial charge in [-0.3, -0.25) is 9.59 Å². The van der Waals surface area contributed by atoms with E-state index in [1.807, 2.05) is 31.2 Å². The molecule has 7 heteroatoms. The van der Waals surface area contributed by atoms with Gasteiger partial charge in [0.2, 0.25) is 5.91 Å². The van der Waals surface area contributed by atoms with Crippen molar-refractivity contribution in [1.29, 1.82) is 0 Å². The minimum absolute atomic E-state index is 0.152. The van der Waals surface area contributed by atoms with E-state index in [-0.39, 0.29) is 11.9 Å². The van der Waals surface area contributed by atoms with Gasteiger partial charge in [0.25, 0.3) is 0 Å². The number of aliphatic carboxylic acids is 1. The molecule has 3 heterocycles. The molecule has 160 valence electrons. The molecule has 0 aliphatic carbocycles. The number of hydrogen-bond acceptors (Lipinski definition) is 5. The Morgan fingerprint density at radius 3 is 2.67 bits per heavy atom. The average molecular weight is 413 g/mol. The van der Waals surface area contributed by atoms with Crippen LogP contribution in [0, 0.1) is 11.8 Å². The smallest absolute Gasteiger partial charge is 0.310 e. The van der Waals surface area contributed by atoms with Gasteiger partial charge in [-0.15, -0.1) is 6.58 Å². The Hall–Kier alpha value is -2.80. The van der Waals surface area contributed by atoms with E-state index in [0.717, 1.165) is 11.1 Å². The second-order valence-electron chi connectivity index (χ2n) is 8.28. The molecule has 1 spiro atoms. The molecule has 3 aliphatic rings. The Balaban J connectivity index is 1.61. The van der Waals surface area contributed by atoms with Crippen LogP contribution in [0.2, 0.25) is 0 Å². The van der Waals surface area contributed by atoms with Crippen LogP contribution in [0.15, 0.2) is 42.5 Å². The number of ether oxygens (including phenoxy) is 3. The molecule has 0 saturated carbocycles. The number of hydrogen-bond donors (Lipinski definition) is 1. The van der Waals surface area contributed by atoms with Crippen LogP contribution in [0.25, 0.3) is 0 Å². The predicted molar refractivity (Wildman–Crippen MR) is 110 cm³/mol. The van der Waals surface area contributed by atoms with Gasteiger partial charge in [-0.2, -0.15) is 0 Å². The molecule has 2 fully saturated rings. The van der Waals surface area contributed by atoms with Crippen LogP contribution in [0.4, 0.5) is 0 Å². The summed E-state index contributed by atoms with van der Waals surface area (Å²) in [6, 6.07) is 5.41. The lowest BCUT2D eigenvalue weighted by atomic mass is 9.74. The van der Waals surface area contributed by atoms with E-state index in [9.17, 15) is 14.7 Å². The second kappa shape index (κ2) is 7.47. The van der Waals surface area contributed by atoms with Crippen molar-refractivity contribution < 1.29 is 28.9 Å². The highest BCUT2D eigenvalue weighted by Crippen LogP contribution is 2.56. The molecule has 0 radical (unpaired) electrons. The van der Waals surface area contributed by atoms with E-state index in [0.29, 0.717) is 30.9 Å². The highest BCUT2D eigenvalue weighted by atomic mass is 16.5. The van der Waals surface area contributed by atoms with Gasteiger partial charge in [0, 0.05) is 6.54 Å². The molecule has 3 aliphatic heterocycles. The Morgan fingerprint density at radius 2 is 2.03 bits per heavy atom. The predicted octanol–water partition coefficient (Wildman–Crippen LogP) is 2.45. The quantitative estimate of drug-likeness (QED) is 0.659. The van der Waals surface area contributed by atoms with Gasteiger partial charge in [0.05, 0.1) is 32.3 Å². The van der Waals surface area contributed by atoms with E-state index in [4.69, 9.17) is 14.2 Å². The van der Waals surface area contributed by atoms with Crippen molar-refractivity contribution in [3.63, 3.8) is 0 Å². The lowest BCUT2D eigenvalue weighted by Gasteiger charge is -2.33. The van der Waals surface area contributed by atoms with Crippen LogP contribution >= 0.6 is 0 Å². The maximum atomic E-state index is 13.4. The molecule has 4 rings (SSSR count). The van der Waals surface area contributed by atoms with Gasteiger partial charge >= 0.3 is 5.97 Å². The molecule has 2 saturated heterocycles. The molecule has 1 amide bonds. The van der Waals surface area contributed by atoms with Gasteiger partial charge in [-0.25, -0.2) is 0 Å². The van der Waals surface area contributed by atoms with Gasteiger partial charge in [0.1, 0.15) is 11.5 Å². The van der Waals surface area contributed by atoms with Crippen molar-refractivity contribution in [1.82, 2.24) is 4.90 Å². The van der Waals surface area contributed by atoms with E-state index < -0.39 is 29.5 Å². The summed E-state index contributed by atoms with van der Waals surface area (Å²) >= 11 is 0. The number of benzene rings is 1. The van der Waals surface area contributed by atoms with Crippen LogP contribution in [0.1, 0.15) is 18.9 Å². The van der Waals surface area contributed by atoms with Crippen LogP contribution < -0.4 is 9.47 Å². The number of carboxylic acids is 1. The zero-order valence-corrected chi connectivity index (χ0v) is 17.5. The first-order chi connectivity index (χ1) is 14.3. The molecule has 0 unspecified atom stereocenters. The number of likely N-dealkylation sites (tertiary alicyclic amines) is 1. The average Bonchev–Trinajstić information content (AvgIpc) is 3.35. The molecule has 5 atom stereocenters. The van der Waals surface area contributed by atoms with E-state index >= 15 is 0 Å². The third-order valence-corrected chi connectivity index (χ3v) is 6.45. The lowest BCUT2D eigenvalue weighted by Crippen LogP contribution is -2.45. The molecule has 7 nitrogen and oxygen atoms in total. The van der Waals surface area contributed by atoms with E-state index in [1.54, 1.807) is 25.2 Å². The number of fused-ring (bicyclic) bond motifs is 1. The van der Waals surface area contributed by atoms with Crippen molar-refractivity contribution in [3.05, 3.63) is 48.1 Å². The first kappa shape index (κ1) is 20.5. The molecule has 1 aromatic carbocycles. The monoisotopic (exact) mass is 413 g/mol. The van der Waals surface area contributed by atoms with E-state index in [2.05, 4.69) is 6.58 Å². The number of carboxylic acid groups (broad SMARTS) is 1. The molecular weight excluding hydrogens is 386 g/mol. The highest BCUT2D eigenvalue weighted by molar-refractivity contribution is 5.91. The first-order valence-electron chi connectivity index (χ1n) is 10.1. The maximum Gasteiger partial charge on any atom is 0.310 e. The fraction of sp³-hybridized carbons (Fsp3) is 0.478. The number of carbonyl (C=O) groups is 2. The third kappa shape index (κ3) is 2.99. The van der Waals surface area contributed by atoms with Crippen molar-refractivity contribution in [3.8, 4) is 11.5 Å². The Morgan fingerprint density at radius 1 is 1.30 bits per heavy atom. The molecule has 2 bridgehead atoms. The fourth-order valence-electron chi connectivity index (χ4n) is 5.15. The van der Waals surface area contributed by atoms with Crippen LogP contribution in [0.3, 0.4) is 0 Å². The zero-order valence-electron chi connectivity index (χ0n) is 17.5. The molecule has 1 N–H and O–H groups in total. The number of amides is 1. The second-order valence-corrected chi connectivity index (χ2v) is 8.28. The van der Waals surface area contributed by atoms with Crippen molar-refractivity contribution in [2.45, 2.75) is 37.5 Å². The van der Waals surface area contributed by atoms with Crippen LogP contribution in [-0.2, 0) is 20.7 Å². The summed E-state index contributed by atoms with van der Waals surface area (Å²) in [5.74, 6) is -1.40. The normalized spacial score (nSPS) is 31.2. The van der Waals surface area contributed by atoms with E-state index in [1.165, 1.54) is 0 Å². The topological polar surface area (TPSA) is 85.3 Å². The van der Waals surface area contributed by atoms with Crippen molar-refractivity contribution in [2.75, 3.05) is 20.8 Å². The largest absolute Gasteiger partial charge is 0.493 e. The minimum Gasteiger partial charge on any atom is -0.493 e. The van der Waals surface area contributed by atoms with Gasteiger partial charge in [-0.1, -0.05) is 23.8 Å². The first-order valence-corrected chi connectivity index (χ1v) is 10.1. The Bertz CT molecular complexity index is 924. The summed E-state index contributed by atoms with van der Waals surface area (Å²) in [7, 11) is 3.17. The third-order valence-electron chi connectivity index (χ3n) is 6.45. The molecule has 0 aromatic heterocycles. The standard InChI is InChI=1S/C23H27NO6/c1-13(2)11-18-23-9-7-16(30-23)19(22(26)27)20(23)21(25)24(18)10-8-14-5-6-15(28-3)17(12-14)29-4/h5-7,9,12,16,18-20H,1,8,10-11H2,2-4H3,(H,26,27)/t16-,18+,19+,20-,23+/m0/s1. The van der Waals surface area contributed by atoms with Crippen LogP contribution in [-0.4, -0.2) is 60.4 Å².